The van der Waals surface area contributed by atoms with Crippen molar-refractivity contribution in [2.75, 3.05) is 31.7 Å². The van der Waals surface area contributed by atoms with E-state index in [1.165, 1.54) is 5.57 Å². The fraction of sp³-hybridized carbons (Fsp3) is 0.462. The summed E-state index contributed by atoms with van der Waals surface area (Å²) >= 11 is 0. The van der Waals surface area contributed by atoms with Gasteiger partial charge in [0.1, 0.15) is 5.82 Å². The molecule has 0 amide bonds. The van der Waals surface area contributed by atoms with Gasteiger partial charge in [-0.1, -0.05) is 12.1 Å². The molecule has 0 aliphatic carbocycles. The van der Waals surface area contributed by atoms with E-state index in [-0.39, 0.29) is 6.61 Å². The number of methoxy groups -OCH3 is 1. The fourth-order valence-corrected chi connectivity index (χ4v) is 1.93. The standard InChI is InChI=1S/C13H18N2O2/c1-17-10-11-4-6-15(7-5-11)13-3-2-12(9-16)8-14-13/h2-4,8,16H,5-7,9-10H2,1H3. The third-order valence-corrected chi connectivity index (χ3v) is 2.95. The Bertz CT molecular complexity index is 387. The van der Waals surface area contributed by atoms with Gasteiger partial charge in [0.2, 0.25) is 0 Å². The molecule has 0 saturated heterocycles. The topological polar surface area (TPSA) is 45.6 Å². The molecule has 2 rings (SSSR count). The smallest absolute Gasteiger partial charge is 0.128 e. The van der Waals surface area contributed by atoms with E-state index in [1.54, 1.807) is 13.3 Å². The van der Waals surface area contributed by atoms with Crippen LogP contribution in [-0.2, 0) is 11.3 Å². The van der Waals surface area contributed by atoms with E-state index >= 15 is 0 Å². The van der Waals surface area contributed by atoms with Crippen molar-refractivity contribution >= 4 is 5.82 Å². The number of hydrogen-bond acceptors (Lipinski definition) is 4. The second-order valence-electron chi connectivity index (χ2n) is 4.17. The van der Waals surface area contributed by atoms with E-state index in [4.69, 9.17) is 9.84 Å². The van der Waals surface area contributed by atoms with E-state index < -0.39 is 0 Å². The second-order valence-corrected chi connectivity index (χ2v) is 4.17. The van der Waals surface area contributed by atoms with Crippen LogP contribution < -0.4 is 4.90 Å². The number of aromatic nitrogens is 1. The van der Waals surface area contributed by atoms with Crippen molar-refractivity contribution < 1.29 is 9.84 Å². The second kappa shape index (κ2) is 5.80. The molecule has 0 aromatic carbocycles. The summed E-state index contributed by atoms with van der Waals surface area (Å²) < 4.78 is 5.12. The Morgan fingerprint density at radius 3 is 2.88 bits per heavy atom. The van der Waals surface area contributed by atoms with Gasteiger partial charge in [-0.25, -0.2) is 4.98 Å². The molecule has 17 heavy (non-hydrogen) atoms. The molecular weight excluding hydrogens is 216 g/mol. The largest absolute Gasteiger partial charge is 0.392 e. The van der Waals surface area contributed by atoms with Crippen LogP contribution in [0.1, 0.15) is 12.0 Å². The quantitative estimate of drug-likeness (QED) is 0.799. The fourth-order valence-electron chi connectivity index (χ4n) is 1.93. The van der Waals surface area contributed by atoms with E-state index in [2.05, 4.69) is 16.0 Å². The molecule has 2 heterocycles. The first-order valence-electron chi connectivity index (χ1n) is 5.81. The van der Waals surface area contributed by atoms with Crippen LogP contribution in [0.3, 0.4) is 0 Å². The molecule has 0 fully saturated rings. The van der Waals surface area contributed by atoms with Gasteiger partial charge in [-0.3, -0.25) is 0 Å². The van der Waals surface area contributed by atoms with Crippen LogP contribution in [0.4, 0.5) is 5.82 Å². The third-order valence-electron chi connectivity index (χ3n) is 2.95. The van der Waals surface area contributed by atoms with Crippen molar-refractivity contribution in [2.45, 2.75) is 13.0 Å². The van der Waals surface area contributed by atoms with Crippen LogP contribution in [0.2, 0.25) is 0 Å². The molecular formula is C13H18N2O2. The number of aliphatic hydroxyl groups is 1. The molecule has 0 saturated carbocycles. The highest BCUT2D eigenvalue weighted by atomic mass is 16.5. The monoisotopic (exact) mass is 234 g/mol. The Morgan fingerprint density at radius 1 is 1.47 bits per heavy atom. The van der Waals surface area contributed by atoms with Crippen molar-refractivity contribution in [3.8, 4) is 0 Å². The van der Waals surface area contributed by atoms with Gasteiger partial charge in [-0.05, 0) is 23.6 Å². The van der Waals surface area contributed by atoms with Crippen LogP contribution >= 0.6 is 0 Å². The normalized spacial score (nSPS) is 15.9. The van der Waals surface area contributed by atoms with E-state index in [9.17, 15) is 0 Å². The summed E-state index contributed by atoms with van der Waals surface area (Å²) in [6.07, 6.45) is 4.95. The molecule has 0 radical (unpaired) electrons. The number of ether oxygens (including phenoxy) is 1. The van der Waals surface area contributed by atoms with E-state index in [0.29, 0.717) is 0 Å². The lowest BCUT2D eigenvalue weighted by atomic mass is 10.1. The van der Waals surface area contributed by atoms with Crippen LogP contribution in [0.15, 0.2) is 30.0 Å². The zero-order valence-corrected chi connectivity index (χ0v) is 10.1. The maximum Gasteiger partial charge on any atom is 0.128 e. The Balaban J connectivity index is 2.00. The molecule has 1 aliphatic heterocycles. The molecule has 0 spiro atoms. The highest BCUT2D eigenvalue weighted by molar-refractivity contribution is 5.41. The van der Waals surface area contributed by atoms with Gasteiger partial charge in [0.15, 0.2) is 0 Å². The number of rotatable bonds is 4. The average Bonchev–Trinajstić information content (AvgIpc) is 2.40. The van der Waals surface area contributed by atoms with E-state index in [0.717, 1.165) is 37.5 Å². The molecule has 1 aliphatic rings. The van der Waals surface area contributed by atoms with Crippen LogP contribution in [-0.4, -0.2) is 36.9 Å². The Morgan fingerprint density at radius 2 is 2.35 bits per heavy atom. The Labute approximate surface area is 102 Å². The van der Waals surface area contributed by atoms with Crippen molar-refractivity contribution in [3.05, 3.63) is 35.5 Å². The molecule has 1 aromatic rings. The van der Waals surface area contributed by atoms with Gasteiger partial charge in [0.25, 0.3) is 0 Å². The van der Waals surface area contributed by atoms with Gasteiger partial charge < -0.3 is 14.7 Å². The highest BCUT2D eigenvalue weighted by Gasteiger charge is 2.12. The summed E-state index contributed by atoms with van der Waals surface area (Å²) in [6, 6.07) is 3.87. The molecule has 4 heteroatoms. The van der Waals surface area contributed by atoms with Crippen molar-refractivity contribution in [1.29, 1.82) is 0 Å². The first-order valence-corrected chi connectivity index (χ1v) is 5.81. The van der Waals surface area contributed by atoms with Crippen LogP contribution in [0.25, 0.3) is 0 Å². The maximum absolute atomic E-state index is 8.96. The molecule has 1 N–H and O–H groups in total. The summed E-state index contributed by atoms with van der Waals surface area (Å²) in [7, 11) is 1.72. The number of pyridine rings is 1. The molecule has 1 aromatic heterocycles. The predicted octanol–water partition coefficient (Wildman–Crippen LogP) is 1.36. The number of aliphatic hydroxyl groups excluding tert-OH is 1. The Kier molecular flexibility index (Phi) is 4.12. The molecule has 0 bridgehead atoms. The minimum atomic E-state index is 0.0468. The van der Waals surface area contributed by atoms with Crippen molar-refractivity contribution in [3.63, 3.8) is 0 Å². The summed E-state index contributed by atoms with van der Waals surface area (Å²) in [5.41, 5.74) is 2.21. The van der Waals surface area contributed by atoms with Gasteiger partial charge in [-0.2, -0.15) is 0 Å². The summed E-state index contributed by atoms with van der Waals surface area (Å²) in [4.78, 5) is 6.57. The SMILES string of the molecule is COCC1=CCN(c2ccc(CO)cn2)CC1. The lowest BCUT2D eigenvalue weighted by molar-refractivity contribution is 0.222. The molecule has 92 valence electrons. The lowest BCUT2D eigenvalue weighted by Crippen LogP contribution is -2.29. The van der Waals surface area contributed by atoms with Crippen LogP contribution in [0.5, 0.6) is 0 Å². The van der Waals surface area contributed by atoms with Crippen LogP contribution in [0, 0.1) is 0 Å². The summed E-state index contributed by atoms with van der Waals surface area (Å²) in [5, 5.41) is 8.96. The molecule has 4 nitrogen and oxygen atoms in total. The molecule has 0 atom stereocenters. The van der Waals surface area contributed by atoms with Gasteiger partial charge in [0, 0.05) is 26.4 Å². The average molecular weight is 234 g/mol. The first-order chi connectivity index (χ1) is 8.33. The van der Waals surface area contributed by atoms with Gasteiger partial charge >= 0.3 is 0 Å². The summed E-state index contributed by atoms with van der Waals surface area (Å²) in [5.74, 6) is 0.968. The zero-order chi connectivity index (χ0) is 12.1. The highest BCUT2D eigenvalue weighted by Crippen LogP contribution is 2.17. The third kappa shape index (κ3) is 3.05. The number of hydrogen-bond donors (Lipinski definition) is 1. The van der Waals surface area contributed by atoms with Gasteiger partial charge in [-0.15, -0.1) is 0 Å². The first kappa shape index (κ1) is 12.1. The zero-order valence-electron chi connectivity index (χ0n) is 10.1. The minimum Gasteiger partial charge on any atom is -0.392 e. The predicted molar refractivity (Wildman–Crippen MR) is 66.9 cm³/mol. The van der Waals surface area contributed by atoms with Gasteiger partial charge in [0.05, 0.1) is 13.2 Å². The van der Waals surface area contributed by atoms with E-state index in [1.807, 2.05) is 12.1 Å². The molecule has 0 unspecified atom stereocenters. The number of anilines is 1. The van der Waals surface area contributed by atoms with Crippen molar-refractivity contribution in [2.24, 2.45) is 0 Å². The lowest BCUT2D eigenvalue weighted by Gasteiger charge is -2.27. The minimum absolute atomic E-state index is 0.0468. The maximum atomic E-state index is 8.96. The Hall–Kier alpha value is -1.39. The van der Waals surface area contributed by atoms with Crippen molar-refractivity contribution in [1.82, 2.24) is 4.98 Å². The summed E-state index contributed by atoms with van der Waals surface area (Å²) in [6.45, 7) is 2.63. The number of nitrogens with zero attached hydrogens (tertiary/aromatic N) is 2.